The normalized spacial score (nSPS) is 11.5. The number of hydrogen-bond donors (Lipinski definition) is 1. The molecule has 0 atom stereocenters. The van der Waals surface area contributed by atoms with Crippen molar-refractivity contribution >= 4 is 23.0 Å². The Kier molecular flexibility index (Phi) is 6.95. The molecule has 5 heteroatoms. The fraction of sp³-hybridized carbons (Fsp3) is 0.400. The van der Waals surface area contributed by atoms with Crippen LogP contribution in [0.4, 0.5) is 0 Å². The number of carbonyl (C=O) groups excluding carboxylic acids is 1. The lowest BCUT2D eigenvalue weighted by molar-refractivity contribution is -0.116. The van der Waals surface area contributed by atoms with Crippen LogP contribution in [0.1, 0.15) is 31.4 Å². The number of fused-ring (bicyclic) bond motifs is 1. The fourth-order valence-electron chi connectivity index (χ4n) is 2.65. The number of nitrogens with one attached hydrogen (secondary N) is 1. The molecule has 0 fully saturated rings. The second-order valence-corrected chi connectivity index (χ2v) is 6.02. The maximum atomic E-state index is 12.4. The Morgan fingerprint density at radius 1 is 1.28 bits per heavy atom. The first kappa shape index (κ1) is 18.9. The third-order valence-electron chi connectivity index (χ3n) is 4.21. The third kappa shape index (κ3) is 5.29. The van der Waals surface area contributed by atoms with E-state index in [1.165, 1.54) is 18.4 Å². The molecule has 134 valence electrons. The number of nitrogens with zero attached hydrogens (tertiary/aromatic N) is 1. The molecule has 2 rings (SSSR count). The Balaban J connectivity index is 1.95. The number of carbonyl (C=O) groups is 1. The van der Waals surface area contributed by atoms with Crippen LogP contribution in [0.15, 0.2) is 39.7 Å². The van der Waals surface area contributed by atoms with E-state index in [-0.39, 0.29) is 11.3 Å². The Morgan fingerprint density at radius 2 is 2.04 bits per heavy atom. The van der Waals surface area contributed by atoms with Gasteiger partial charge in [-0.3, -0.25) is 9.59 Å². The lowest BCUT2D eigenvalue weighted by Crippen LogP contribution is -2.29. The number of benzene rings is 1. The smallest absolute Gasteiger partial charge is 0.244 e. The summed E-state index contributed by atoms with van der Waals surface area (Å²) in [7, 11) is 0. The predicted octanol–water partition coefficient (Wildman–Crippen LogP) is 2.96. The van der Waals surface area contributed by atoms with Crippen LogP contribution in [0, 0.1) is 6.92 Å². The largest absolute Gasteiger partial charge is 0.463 e. The first-order valence-electron chi connectivity index (χ1n) is 8.75. The highest BCUT2D eigenvalue weighted by atomic mass is 16.3. The van der Waals surface area contributed by atoms with Crippen molar-refractivity contribution in [1.29, 1.82) is 0 Å². The molecule has 1 aromatic heterocycles. The highest BCUT2D eigenvalue weighted by molar-refractivity contribution is 5.92. The van der Waals surface area contributed by atoms with Crippen LogP contribution < -0.4 is 10.7 Å². The van der Waals surface area contributed by atoms with E-state index < -0.39 is 0 Å². The van der Waals surface area contributed by atoms with Crippen molar-refractivity contribution in [3.63, 3.8) is 0 Å². The zero-order valence-electron chi connectivity index (χ0n) is 15.2. The third-order valence-corrected chi connectivity index (χ3v) is 4.21. The van der Waals surface area contributed by atoms with Crippen LogP contribution in [0.5, 0.6) is 0 Å². The molecule has 25 heavy (non-hydrogen) atoms. The van der Waals surface area contributed by atoms with E-state index in [1.54, 1.807) is 12.1 Å². The lowest BCUT2D eigenvalue weighted by atomic mass is 10.1. The summed E-state index contributed by atoms with van der Waals surface area (Å²) in [5.41, 5.74) is 1.78. The Labute approximate surface area is 148 Å². The van der Waals surface area contributed by atoms with Gasteiger partial charge in [-0.25, -0.2) is 0 Å². The van der Waals surface area contributed by atoms with Gasteiger partial charge in [-0.05, 0) is 51.2 Å². The van der Waals surface area contributed by atoms with Crippen LogP contribution in [0.2, 0.25) is 0 Å². The summed E-state index contributed by atoms with van der Waals surface area (Å²) in [5, 5.41) is 3.37. The summed E-state index contributed by atoms with van der Waals surface area (Å²) < 4.78 is 5.47. The first-order chi connectivity index (χ1) is 12.0. The highest BCUT2D eigenvalue weighted by Crippen LogP contribution is 2.13. The van der Waals surface area contributed by atoms with E-state index in [0.29, 0.717) is 23.1 Å². The molecule has 0 saturated heterocycles. The van der Waals surface area contributed by atoms with Gasteiger partial charge in [-0.1, -0.05) is 25.5 Å². The van der Waals surface area contributed by atoms with Crippen LogP contribution in [-0.2, 0) is 4.79 Å². The van der Waals surface area contributed by atoms with Gasteiger partial charge in [0.15, 0.2) is 5.43 Å². The van der Waals surface area contributed by atoms with Gasteiger partial charge in [0, 0.05) is 12.6 Å². The topological polar surface area (TPSA) is 62.6 Å². The van der Waals surface area contributed by atoms with Crippen molar-refractivity contribution in [3.8, 4) is 0 Å². The zero-order valence-corrected chi connectivity index (χ0v) is 15.2. The van der Waals surface area contributed by atoms with E-state index in [2.05, 4.69) is 24.1 Å². The number of aryl methyl sites for hydroxylation is 1. The van der Waals surface area contributed by atoms with Gasteiger partial charge in [-0.15, -0.1) is 0 Å². The van der Waals surface area contributed by atoms with Gasteiger partial charge < -0.3 is 14.6 Å². The van der Waals surface area contributed by atoms with E-state index in [1.807, 2.05) is 13.0 Å². The molecule has 0 aliphatic carbocycles. The molecule has 0 aliphatic heterocycles. The molecule has 0 bridgehead atoms. The molecule has 0 unspecified atom stereocenters. The predicted molar refractivity (Wildman–Crippen MR) is 102 cm³/mol. The van der Waals surface area contributed by atoms with Gasteiger partial charge in [0.1, 0.15) is 11.8 Å². The van der Waals surface area contributed by atoms with Gasteiger partial charge >= 0.3 is 0 Å². The summed E-state index contributed by atoms with van der Waals surface area (Å²) >= 11 is 0. The average molecular weight is 342 g/mol. The maximum Gasteiger partial charge on any atom is 0.244 e. The summed E-state index contributed by atoms with van der Waals surface area (Å²) in [6.45, 7) is 9.79. The summed E-state index contributed by atoms with van der Waals surface area (Å²) in [6, 6.07) is 5.47. The molecule has 0 saturated carbocycles. The SMILES string of the molecule is CCN(CC)CCCNC(=O)/C=C/c1coc2ccc(C)cc2c1=O. The minimum absolute atomic E-state index is 0.129. The van der Waals surface area contributed by atoms with Crippen molar-refractivity contribution in [2.24, 2.45) is 0 Å². The molecule has 1 amide bonds. The van der Waals surface area contributed by atoms with Crippen LogP contribution in [0.3, 0.4) is 0 Å². The standard InChI is InChI=1S/C20H26N2O3/c1-4-22(5-2)12-6-11-21-19(23)10-8-16-14-25-18-9-7-15(3)13-17(18)20(16)24/h7-10,13-14H,4-6,11-12H2,1-3H3,(H,21,23)/b10-8+. The Bertz CT molecular complexity index is 804. The Morgan fingerprint density at radius 3 is 2.76 bits per heavy atom. The minimum atomic E-state index is -0.205. The van der Waals surface area contributed by atoms with Crippen molar-refractivity contribution in [2.75, 3.05) is 26.2 Å². The average Bonchev–Trinajstić information content (AvgIpc) is 2.62. The molecule has 0 spiro atoms. The van der Waals surface area contributed by atoms with Crippen LogP contribution in [-0.4, -0.2) is 37.0 Å². The molecular weight excluding hydrogens is 316 g/mol. The molecule has 0 radical (unpaired) electrons. The second-order valence-electron chi connectivity index (χ2n) is 6.02. The second kappa shape index (κ2) is 9.18. The molecule has 1 N–H and O–H groups in total. The fourth-order valence-corrected chi connectivity index (χ4v) is 2.65. The van der Waals surface area contributed by atoms with Crippen molar-refractivity contribution < 1.29 is 9.21 Å². The van der Waals surface area contributed by atoms with Crippen molar-refractivity contribution in [3.05, 3.63) is 51.9 Å². The van der Waals surface area contributed by atoms with Gasteiger partial charge in [0.05, 0.1) is 10.9 Å². The van der Waals surface area contributed by atoms with Crippen molar-refractivity contribution in [1.82, 2.24) is 10.2 Å². The van der Waals surface area contributed by atoms with E-state index >= 15 is 0 Å². The van der Waals surface area contributed by atoms with E-state index in [4.69, 9.17) is 4.42 Å². The zero-order chi connectivity index (χ0) is 18.2. The minimum Gasteiger partial charge on any atom is -0.463 e. The summed E-state index contributed by atoms with van der Waals surface area (Å²) in [6.07, 6.45) is 5.18. The van der Waals surface area contributed by atoms with Gasteiger partial charge in [0.2, 0.25) is 5.91 Å². The number of rotatable bonds is 8. The Hall–Kier alpha value is -2.40. The highest BCUT2D eigenvalue weighted by Gasteiger charge is 2.05. The molecule has 0 aliphatic rings. The van der Waals surface area contributed by atoms with Crippen LogP contribution in [0.25, 0.3) is 17.0 Å². The molecular formula is C20H26N2O3. The van der Waals surface area contributed by atoms with E-state index in [0.717, 1.165) is 31.6 Å². The molecule has 5 nitrogen and oxygen atoms in total. The number of amides is 1. The molecule has 2 aromatic rings. The van der Waals surface area contributed by atoms with Crippen molar-refractivity contribution in [2.45, 2.75) is 27.2 Å². The monoisotopic (exact) mass is 342 g/mol. The quantitative estimate of drug-likeness (QED) is 0.592. The van der Waals surface area contributed by atoms with E-state index in [9.17, 15) is 9.59 Å². The van der Waals surface area contributed by atoms with Crippen LogP contribution >= 0.6 is 0 Å². The molecule has 1 aromatic carbocycles. The molecule has 1 heterocycles. The summed E-state index contributed by atoms with van der Waals surface area (Å²) in [5.74, 6) is -0.205. The maximum absolute atomic E-state index is 12.4. The lowest BCUT2D eigenvalue weighted by Gasteiger charge is -2.17. The first-order valence-corrected chi connectivity index (χ1v) is 8.75. The van der Waals surface area contributed by atoms with Gasteiger partial charge in [0.25, 0.3) is 0 Å². The summed E-state index contributed by atoms with van der Waals surface area (Å²) in [4.78, 5) is 26.6. The number of hydrogen-bond acceptors (Lipinski definition) is 4. The van der Waals surface area contributed by atoms with Gasteiger partial charge in [-0.2, -0.15) is 0 Å².